The fourth-order valence-corrected chi connectivity index (χ4v) is 0.943. The molecule has 0 aromatic rings. The van der Waals surface area contributed by atoms with Crippen LogP contribution in [-0.2, 0) is 14.2 Å². The second kappa shape index (κ2) is 12.3. The van der Waals surface area contributed by atoms with Gasteiger partial charge in [0, 0.05) is 26.9 Å². The summed E-state index contributed by atoms with van der Waals surface area (Å²) >= 11 is 0. The van der Waals surface area contributed by atoms with Gasteiger partial charge in [0.1, 0.15) is 0 Å². The highest BCUT2D eigenvalue weighted by Gasteiger charge is 2.07. The zero-order valence-corrected chi connectivity index (χ0v) is 12.8. The summed E-state index contributed by atoms with van der Waals surface area (Å²) in [5, 5.41) is 0. The maximum atomic E-state index is 5.15. The number of ether oxygens (including phenoxy) is 3. The van der Waals surface area contributed by atoms with E-state index in [9.17, 15) is 0 Å². The standard InChI is InChI=1S/C5H10O.C5H12O.C4H10O/c1-5-3-2-4-6-5;1-5(2,3)6-4;1-3-5-4-2/h5H,2-4H2,1H3;1-4H3;3-4H2,1-2H3. The SMILES string of the molecule is CC1CCCO1.CCOCC.COC(C)(C)C. The fraction of sp³-hybridized carbons (Fsp3) is 1.00. The molecule has 1 rings (SSSR count). The van der Waals surface area contributed by atoms with Crippen LogP contribution in [0.1, 0.15) is 54.4 Å². The highest BCUT2D eigenvalue weighted by Crippen LogP contribution is 2.09. The first kappa shape index (κ1) is 19.2. The minimum atomic E-state index is 0.0417. The molecule has 0 aromatic heterocycles. The molecular weight excluding hydrogens is 216 g/mol. The molecule has 0 bridgehead atoms. The molecule has 0 N–H and O–H groups in total. The third kappa shape index (κ3) is 21.7. The average molecular weight is 248 g/mol. The van der Waals surface area contributed by atoms with Crippen LogP contribution in [0.5, 0.6) is 0 Å². The van der Waals surface area contributed by atoms with Crippen LogP contribution in [-0.4, -0.2) is 38.6 Å². The molecule has 106 valence electrons. The molecular formula is C14H32O3. The first-order valence-electron chi connectivity index (χ1n) is 6.61. The first-order valence-corrected chi connectivity index (χ1v) is 6.61. The van der Waals surface area contributed by atoms with Gasteiger partial charge < -0.3 is 14.2 Å². The van der Waals surface area contributed by atoms with Gasteiger partial charge in [0.2, 0.25) is 0 Å². The van der Waals surface area contributed by atoms with Crippen molar-refractivity contribution in [3.05, 3.63) is 0 Å². The normalized spacial score (nSPS) is 18.9. The summed E-state index contributed by atoms with van der Waals surface area (Å²) in [6.07, 6.45) is 3.08. The van der Waals surface area contributed by atoms with E-state index in [1.807, 2.05) is 34.6 Å². The van der Waals surface area contributed by atoms with Gasteiger partial charge in [-0.2, -0.15) is 0 Å². The van der Waals surface area contributed by atoms with Crippen LogP contribution in [0.25, 0.3) is 0 Å². The molecule has 0 amide bonds. The van der Waals surface area contributed by atoms with Crippen LogP contribution in [0.2, 0.25) is 0 Å². The van der Waals surface area contributed by atoms with E-state index in [0.717, 1.165) is 19.8 Å². The van der Waals surface area contributed by atoms with Crippen LogP contribution in [0.15, 0.2) is 0 Å². The van der Waals surface area contributed by atoms with Crippen LogP contribution in [0, 0.1) is 0 Å². The van der Waals surface area contributed by atoms with Gasteiger partial charge in [-0.3, -0.25) is 0 Å². The predicted octanol–water partition coefficient (Wildman–Crippen LogP) is 3.66. The summed E-state index contributed by atoms with van der Waals surface area (Å²) in [6, 6.07) is 0. The summed E-state index contributed by atoms with van der Waals surface area (Å²) in [4.78, 5) is 0. The Kier molecular flexibility index (Phi) is 14.0. The zero-order chi connectivity index (χ0) is 13.7. The second-order valence-corrected chi connectivity index (χ2v) is 4.92. The smallest absolute Gasteiger partial charge is 0.0594 e. The third-order valence-corrected chi connectivity index (χ3v) is 2.18. The van der Waals surface area contributed by atoms with Gasteiger partial charge in [-0.05, 0) is 54.4 Å². The lowest BCUT2D eigenvalue weighted by Gasteiger charge is -2.14. The third-order valence-electron chi connectivity index (χ3n) is 2.18. The Morgan fingerprint density at radius 3 is 1.71 bits per heavy atom. The average Bonchev–Trinajstić information content (AvgIpc) is 2.71. The Morgan fingerprint density at radius 2 is 1.65 bits per heavy atom. The van der Waals surface area contributed by atoms with Crippen molar-refractivity contribution in [3.8, 4) is 0 Å². The van der Waals surface area contributed by atoms with E-state index in [0.29, 0.717) is 6.10 Å². The highest BCUT2D eigenvalue weighted by atomic mass is 16.5. The molecule has 1 atom stereocenters. The van der Waals surface area contributed by atoms with E-state index in [4.69, 9.17) is 14.2 Å². The number of hydrogen-bond donors (Lipinski definition) is 0. The van der Waals surface area contributed by atoms with E-state index in [2.05, 4.69) is 6.92 Å². The summed E-state index contributed by atoms with van der Waals surface area (Å²) in [6.45, 7) is 14.8. The number of rotatable bonds is 2. The van der Waals surface area contributed by atoms with Crippen molar-refractivity contribution >= 4 is 0 Å². The Balaban J connectivity index is 0. The Labute approximate surface area is 108 Å². The maximum absolute atomic E-state index is 5.15. The molecule has 1 unspecified atom stereocenters. The van der Waals surface area contributed by atoms with Crippen molar-refractivity contribution in [2.45, 2.75) is 66.1 Å². The first-order chi connectivity index (χ1) is 7.87. The highest BCUT2D eigenvalue weighted by molar-refractivity contribution is 4.56. The van der Waals surface area contributed by atoms with E-state index in [-0.39, 0.29) is 5.60 Å². The lowest BCUT2D eigenvalue weighted by Crippen LogP contribution is -2.15. The summed E-state index contributed by atoms with van der Waals surface area (Å²) < 4.78 is 14.9. The van der Waals surface area contributed by atoms with Gasteiger partial charge in [-0.25, -0.2) is 0 Å². The second-order valence-electron chi connectivity index (χ2n) is 4.92. The van der Waals surface area contributed by atoms with Crippen molar-refractivity contribution < 1.29 is 14.2 Å². The maximum Gasteiger partial charge on any atom is 0.0594 e. The minimum absolute atomic E-state index is 0.0417. The molecule has 0 aromatic carbocycles. The molecule has 0 aliphatic carbocycles. The molecule has 1 fully saturated rings. The van der Waals surface area contributed by atoms with Crippen molar-refractivity contribution in [1.82, 2.24) is 0 Å². The lowest BCUT2D eigenvalue weighted by molar-refractivity contribution is 0.0397. The molecule has 1 aliphatic heterocycles. The van der Waals surface area contributed by atoms with Crippen molar-refractivity contribution in [2.24, 2.45) is 0 Å². The van der Waals surface area contributed by atoms with Crippen LogP contribution in [0.3, 0.4) is 0 Å². The monoisotopic (exact) mass is 248 g/mol. The van der Waals surface area contributed by atoms with Crippen LogP contribution in [0.4, 0.5) is 0 Å². The van der Waals surface area contributed by atoms with Crippen LogP contribution >= 0.6 is 0 Å². The van der Waals surface area contributed by atoms with Crippen LogP contribution < -0.4 is 0 Å². The van der Waals surface area contributed by atoms with E-state index in [1.54, 1.807) is 7.11 Å². The van der Waals surface area contributed by atoms with Crippen molar-refractivity contribution in [1.29, 1.82) is 0 Å². The van der Waals surface area contributed by atoms with E-state index in [1.165, 1.54) is 12.8 Å². The topological polar surface area (TPSA) is 27.7 Å². The summed E-state index contributed by atoms with van der Waals surface area (Å²) in [5.41, 5.74) is 0.0417. The minimum Gasteiger partial charge on any atom is -0.382 e. The largest absolute Gasteiger partial charge is 0.382 e. The molecule has 0 saturated carbocycles. The van der Waals surface area contributed by atoms with Gasteiger partial charge >= 0.3 is 0 Å². The summed E-state index contributed by atoms with van der Waals surface area (Å²) in [7, 11) is 1.71. The predicted molar refractivity (Wildman–Crippen MR) is 73.6 cm³/mol. The van der Waals surface area contributed by atoms with Gasteiger partial charge in [-0.1, -0.05) is 0 Å². The molecule has 0 spiro atoms. The van der Waals surface area contributed by atoms with Gasteiger partial charge in [0.05, 0.1) is 11.7 Å². The molecule has 17 heavy (non-hydrogen) atoms. The molecule has 1 aliphatic rings. The van der Waals surface area contributed by atoms with Gasteiger partial charge in [-0.15, -0.1) is 0 Å². The Morgan fingerprint density at radius 1 is 1.18 bits per heavy atom. The molecule has 3 heteroatoms. The summed E-state index contributed by atoms with van der Waals surface area (Å²) in [5.74, 6) is 0. The molecule has 1 heterocycles. The Bertz CT molecular complexity index is 133. The van der Waals surface area contributed by atoms with Gasteiger partial charge in [0.15, 0.2) is 0 Å². The zero-order valence-electron chi connectivity index (χ0n) is 12.8. The molecule has 1 saturated heterocycles. The molecule has 3 nitrogen and oxygen atoms in total. The van der Waals surface area contributed by atoms with Gasteiger partial charge in [0.25, 0.3) is 0 Å². The Hall–Kier alpha value is -0.120. The number of hydrogen-bond acceptors (Lipinski definition) is 3. The van der Waals surface area contributed by atoms with E-state index < -0.39 is 0 Å². The fourth-order valence-electron chi connectivity index (χ4n) is 0.943. The van der Waals surface area contributed by atoms with E-state index >= 15 is 0 Å². The number of methoxy groups -OCH3 is 1. The van der Waals surface area contributed by atoms with Crippen molar-refractivity contribution in [3.63, 3.8) is 0 Å². The molecule has 0 radical (unpaired) electrons. The van der Waals surface area contributed by atoms with Crippen molar-refractivity contribution in [2.75, 3.05) is 26.9 Å². The quantitative estimate of drug-likeness (QED) is 0.746. The lowest BCUT2D eigenvalue weighted by atomic mass is 10.2.